The summed E-state index contributed by atoms with van der Waals surface area (Å²) >= 11 is 0. The van der Waals surface area contributed by atoms with Gasteiger partial charge in [0.1, 0.15) is 5.75 Å². The van der Waals surface area contributed by atoms with Gasteiger partial charge in [-0.3, -0.25) is 9.78 Å². The molecule has 1 aromatic heterocycles. The van der Waals surface area contributed by atoms with E-state index in [2.05, 4.69) is 23.3 Å². The van der Waals surface area contributed by atoms with Crippen molar-refractivity contribution < 1.29 is 9.90 Å². The molecule has 23 heavy (non-hydrogen) atoms. The molecule has 2 aromatic rings. The predicted molar refractivity (Wildman–Crippen MR) is 91.2 cm³/mol. The number of aromatic nitrogens is 1. The number of carbonyl (C=O) groups is 1. The highest BCUT2D eigenvalue weighted by Crippen LogP contribution is 2.16. The van der Waals surface area contributed by atoms with E-state index in [0.29, 0.717) is 5.56 Å². The molecule has 1 unspecified atom stereocenters. The third-order valence-electron chi connectivity index (χ3n) is 3.94. The lowest BCUT2D eigenvalue weighted by atomic mass is 10.0. The lowest BCUT2D eigenvalue weighted by Gasteiger charge is -2.17. The summed E-state index contributed by atoms with van der Waals surface area (Å²) in [5, 5.41) is 12.8. The molecular weight excluding hydrogens is 288 g/mol. The second-order valence-electron chi connectivity index (χ2n) is 5.73. The lowest BCUT2D eigenvalue weighted by Crippen LogP contribution is -2.35. The van der Waals surface area contributed by atoms with Gasteiger partial charge < -0.3 is 10.4 Å². The van der Waals surface area contributed by atoms with E-state index in [1.165, 1.54) is 5.56 Å². The zero-order chi connectivity index (χ0) is 16.5. The number of nitrogens with zero attached hydrogens (tertiary/aromatic N) is 1. The van der Waals surface area contributed by atoms with Gasteiger partial charge in [0.05, 0.1) is 6.42 Å². The van der Waals surface area contributed by atoms with Gasteiger partial charge in [0.25, 0.3) is 0 Å². The number of phenolic OH excluding ortho intramolecular Hbond substituents is 1. The van der Waals surface area contributed by atoms with E-state index in [-0.39, 0.29) is 24.1 Å². The summed E-state index contributed by atoms with van der Waals surface area (Å²) in [5.74, 6) is 0.131. The molecule has 0 aliphatic heterocycles. The monoisotopic (exact) mass is 312 g/mol. The molecule has 0 aliphatic rings. The number of nitrogens with one attached hydrogen (secondary N) is 1. The van der Waals surface area contributed by atoms with E-state index in [1.807, 2.05) is 18.3 Å². The maximum Gasteiger partial charge on any atom is 0.224 e. The van der Waals surface area contributed by atoms with Crippen molar-refractivity contribution in [2.75, 3.05) is 0 Å². The number of rotatable bonds is 8. The molecule has 2 rings (SSSR count). The first-order chi connectivity index (χ1) is 11.2. The maximum atomic E-state index is 12.1. The molecule has 0 saturated carbocycles. The molecule has 0 spiro atoms. The number of benzene rings is 1. The topological polar surface area (TPSA) is 62.2 Å². The van der Waals surface area contributed by atoms with Crippen molar-refractivity contribution in [1.82, 2.24) is 10.3 Å². The summed E-state index contributed by atoms with van der Waals surface area (Å²) < 4.78 is 0. The van der Waals surface area contributed by atoms with Gasteiger partial charge in [-0.2, -0.15) is 0 Å². The third-order valence-corrected chi connectivity index (χ3v) is 3.94. The summed E-state index contributed by atoms with van der Waals surface area (Å²) in [7, 11) is 0. The molecule has 1 heterocycles. The molecule has 0 saturated heterocycles. The Morgan fingerprint density at radius 1 is 1.26 bits per heavy atom. The first-order valence-corrected chi connectivity index (χ1v) is 8.14. The van der Waals surface area contributed by atoms with E-state index in [9.17, 15) is 9.90 Å². The highest BCUT2D eigenvalue weighted by Gasteiger charge is 2.12. The van der Waals surface area contributed by atoms with Crippen molar-refractivity contribution in [3.05, 3.63) is 59.9 Å². The molecule has 4 heteroatoms. The summed E-state index contributed by atoms with van der Waals surface area (Å²) in [5.41, 5.74) is 1.89. The molecule has 1 amide bonds. The molecular formula is C19H24N2O2. The highest BCUT2D eigenvalue weighted by atomic mass is 16.3. The maximum absolute atomic E-state index is 12.1. The smallest absolute Gasteiger partial charge is 0.224 e. The minimum absolute atomic E-state index is 0.0419. The van der Waals surface area contributed by atoms with Crippen LogP contribution in [0.5, 0.6) is 5.75 Å². The Kier molecular flexibility index (Phi) is 6.60. The van der Waals surface area contributed by atoms with Gasteiger partial charge in [0, 0.05) is 24.0 Å². The van der Waals surface area contributed by atoms with Crippen molar-refractivity contribution in [2.45, 2.75) is 45.1 Å². The van der Waals surface area contributed by atoms with Gasteiger partial charge in [0.2, 0.25) is 5.91 Å². The fraction of sp³-hybridized carbons (Fsp3) is 0.368. The van der Waals surface area contributed by atoms with Crippen molar-refractivity contribution in [2.24, 2.45) is 0 Å². The van der Waals surface area contributed by atoms with Crippen LogP contribution in [-0.2, 0) is 17.6 Å². The number of para-hydroxylation sites is 1. The van der Waals surface area contributed by atoms with E-state index < -0.39 is 0 Å². The Labute approximate surface area is 137 Å². The standard InChI is InChI=1S/C19H24N2O2/c1-2-17(10-5-7-15-8-6-12-20-14-15)21-19(23)13-16-9-3-4-11-18(16)22/h3-4,6,8-9,11-12,14,17,22H,2,5,7,10,13H2,1H3,(H,21,23). The Balaban J connectivity index is 1.77. The number of hydrogen-bond acceptors (Lipinski definition) is 3. The minimum Gasteiger partial charge on any atom is -0.508 e. The zero-order valence-corrected chi connectivity index (χ0v) is 13.5. The molecule has 0 fully saturated rings. The van der Waals surface area contributed by atoms with Crippen LogP contribution in [0.3, 0.4) is 0 Å². The van der Waals surface area contributed by atoms with Crippen molar-refractivity contribution in [3.8, 4) is 5.75 Å². The minimum atomic E-state index is -0.0419. The number of aryl methyl sites for hydroxylation is 1. The highest BCUT2D eigenvalue weighted by molar-refractivity contribution is 5.79. The normalized spacial score (nSPS) is 11.9. The van der Waals surface area contributed by atoms with Crippen LogP contribution in [0, 0.1) is 0 Å². The lowest BCUT2D eigenvalue weighted by molar-refractivity contribution is -0.121. The molecule has 2 N–H and O–H groups in total. The van der Waals surface area contributed by atoms with Gasteiger partial charge in [-0.1, -0.05) is 31.2 Å². The summed E-state index contributed by atoms with van der Waals surface area (Å²) in [6.07, 6.45) is 7.71. The molecule has 0 radical (unpaired) electrons. The Morgan fingerprint density at radius 2 is 2.09 bits per heavy atom. The first-order valence-electron chi connectivity index (χ1n) is 8.14. The Hall–Kier alpha value is -2.36. The van der Waals surface area contributed by atoms with Crippen LogP contribution >= 0.6 is 0 Å². The van der Waals surface area contributed by atoms with Crippen LogP contribution in [0.2, 0.25) is 0 Å². The molecule has 122 valence electrons. The van der Waals surface area contributed by atoms with Crippen molar-refractivity contribution >= 4 is 5.91 Å². The zero-order valence-electron chi connectivity index (χ0n) is 13.5. The third kappa shape index (κ3) is 5.74. The fourth-order valence-corrected chi connectivity index (χ4v) is 2.59. The number of pyridine rings is 1. The Bertz CT molecular complexity index is 614. The largest absolute Gasteiger partial charge is 0.508 e. The average molecular weight is 312 g/mol. The SMILES string of the molecule is CCC(CCCc1cccnc1)NC(=O)Cc1ccccc1O. The molecule has 0 bridgehead atoms. The van der Waals surface area contributed by atoms with Gasteiger partial charge >= 0.3 is 0 Å². The summed E-state index contributed by atoms with van der Waals surface area (Å²) in [6.45, 7) is 2.08. The number of aromatic hydroxyl groups is 1. The number of hydrogen-bond donors (Lipinski definition) is 2. The van der Waals surface area contributed by atoms with Crippen LogP contribution in [0.15, 0.2) is 48.8 Å². The van der Waals surface area contributed by atoms with E-state index in [1.54, 1.807) is 24.4 Å². The van der Waals surface area contributed by atoms with Crippen molar-refractivity contribution in [1.29, 1.82) is 0 Å². The number of amides is 1. The van der Waals surface area contributed by atoms with Gasteiger partial charge in [-0.15, -0.1) is 0 Å². The Morgan fingerprint density at radius 3 is 2.78 bits per heavy atom. The summed E-state index contributed by atoms with van der Waals surface area (Å²) in [4.78, 5) is 16.2. The fourth-order valence-electron chi connectivity index (χ4n) is 2.59. The first kappa shape index (κ1) is 17.0. The second kappa shape index (κ2) is 8.93. The second-order valence-corrected chi connectivity index (χ2v) is 5.73. The molecule has 4 nitrogen and oxygen atoms in total. The van der Waals surface area contributed by atoms with Crippen LogP contribution in [-0.4, -0.2) is 22.0 Å². The van der Waals surface area contributed by atoms with Gasteiger partial charge in [0.15, 0.2) is 0 Å². The van der Waals surface area contributed by atoms with Crippen LogP contribution in [0.4, 0.5) is 0 Å². The van der Waals surface area contributed by atoms with Crippen LogP contribution < -0.4 is 5.32 Å². The van der Waals surface area contributed by atoms with E-state index in [4.69, 9.17) is 0 Å². The van der Waals surface area contributed by atoms with E-state index >= 15 is 0 Å². The number of phenols is 1. The van der Waals surface area contributed by atoms with Crippen LogP contribution in [0.1, 0.15) is 37.3 Å². The van der Waals surface area contributed by atoms with E-state index in [0.717, 1.165) is 25.7 Å². The summed E-state index contributed by atoms with van der Waals surface area (Å²) in [6, 6.07) is 11.2. The van der Waals surface area contributed by atoms with Crippen molar-refractivity contribution in [3.63, 3.8) is 0 Å². The average Bonchev–Trinajstić information content (AvgIpc) is 2.57. The van der Waals surface area contributed by atoms with Gasteiger partial charge in [-0.25, -0.2) is 0 Å². The quantitative estimate of drug-likeness (QED) is 0.786. The molecule has 0 aliphatic carbocycles. The van der Waals surface area contributed by atoms with Gasteiger partial charge in [-0.05, 0) is 43.4 Å². The molecule has 1 atom stereocenters. The van der Waals surface area contributed by atoms with Crippen LogP contribution in [0.25, 0.3) is 0 Å². The predicted octanol–water partition coefficient (Wildman–Crippen LogP) is 3.25. The number of carbonyl (C=O) groups excluding carboxylic acids is 1. The molecule has 1 aromatic carbocycles.